The molecule has 0 atom stereocenters. The van der Waals surface area contributed by atoms with E-state index in [1.165, 1.54) is 0 Å². The Balaban J connectivity index is 1.35. The van der Waals surface area contributed by atoms with Crippen molar-refractivity contribution in [2.24, 2.45) is 0 Å². The molecule has 0 aliphatic carbocycles. The molecule has 12 heteroatoms. The van der Waals surface area contributed by atoms with E-state index in [0.29, 0.717) is 42.7 Å². The van der Waals surface area contributed by atoms with Gasteiger partial charge in [0.25, 0.3) is 0 Å². The summed E-state index contributed by atoms with van der Waals surface area (Å²) in [4.78, 5) is 34.3. The van der Waals surface area contributed by atoms with E-state index in [4.69, 9.17) is 38.0 Å². The summed E-state index contributed by atoms with van der Waals surface area (Å²) in [6.07, 6.45) is -0.288. The van der Waals surface area contributed by atoms with Gasteiger partial charge >= 0.3 is 12.1 Å². The highest BCUT2D eigenvalue weighted by atomic mass is 35.5. The van der Waals surface area contributed by atoms with Gasteiger partial charge in [-0.1, -0.05) is 50.0 Å². The summed E-state index contributed by atoms with van der Waals surface area (Å²) in [5.74, 6) is 1.35. The van der Waals surface area contributed by atoms with Crippen LogP contribution in [0.15, 0.2) is 54.6 Å². The molecule has 0 spiro atoms. The van der Waals surface area contributed by atoms with E-state index in [1.54, 1.807) is 27.8 Å². The first-order chi connectivity index (χ1) is 20.7. The van der Waals surface area contributed by atoms with Gasteiger partial charge in [0, 0.05) is 43.0 Å². The summed E-state index contributed by atoms with van der Waals surface area (Å²) in [5.41, 5.74) is 2.03. The standard InChI is InChI=1S/C32H37Cl2N7O3/c1-31(2,3)25-19-27(37-29(42)36-24-9-7-8-22(33)28(24)34)41(38-25)21-11-12-23-20(18-21)10-13-26(35-23)39-14-16-40(17-15-39)30(43)44-32(4,5)6/h7-13,18-19H,14-17H2,1-6H3,(H2,36,37,42). The van der Waals surface area contributed by atoms with Crippen LogP contribution in [0.5, 0.6) is 0 Å². The molecular weight excluding hydrogens is 601 g/mol. The van der Waals surface area contributed by atoms with Crippen LogP contribution in [0.25, 0.3) is 16.6 Å². The van der Waals surface area contributed by atoms with Crippen molar-refractivity contribution in [1.82, 2.24) is 19.7 Å². The maximum Gasteiger partial charge on any atom is 0.410 e. The molecule has 2 N–H and O–H groups in total. The van der Waals surface area contributed by atoms with Crippen molar-refractivity contribution in [3.63, 3.8) is 0 Å². The topological polar surface area (TPSA) is 105 Å². The average Bonchev–Trinajstić information content (AvgIpc) is 3.38. The minimum absolute atomic E-state index is 0.255. The Morgan fingerprint density at radius 1 is 0.886 bits per heavy atom. The van der Waals surface area contributed by atoms with Crippen LogP contribution in [0.3, 0.4) is 0 Å². The highest BCUT2D eigenvalue weighted by molar-refractivity contribution is 6.44. The second-order valence-electron chi connectivity index (χ2n) is 12.8. The highest BCUT2D eigenvalue weighted by Crippen LogP contribution is 2.31. The van der Waals surface area contributed by atoms with E-state index < -0.39 is 11.6 Å². The molecule has 2 aromatic heterocycles. The van der Waals surface area contributed by atoms with E-state index in [-0.39, 0.29) is 16.5 Å². The number of carbonyl (C=O) groups excluding carboxylic acids is 2. The van der Waals surface area contributed by atoms with Gasteiger partial charge < -0.3 is 19.9 Å². The third-order valence-electron chi connectivity index (χ3n) is 7.08. The second kappa shape index (κ2) is 12.2. The number of pyridine rings is 1. The fourth-order valence-corrected chi connectivity index (χ4v) is 5.11. The summed E-state index contributed by atoms with van der Waals surface area (Å²) >= 11 is 12.4. The van der Waals surface area contributed by atoms with Gasteiger partial charge in [0.1, 0.15) is 17.2 Å². The van der Waals surface area contributed by atoms with Gasteiger partial charge in [-0.05, 0) is 63.2 Å². The zero-order chi connectivity index (χ0) is 31.8. The molecule has 0 saturated carbocycles. The molecule has 2 aromatic carbocycles. The van der Waals surface area contributed by atoms with Crippen LogP contribution in [-0.2, 0) is 10.2 Å². The van der Waals surface area contributed by atoms with Gasteiger partial charge in [-0.3, -0.25) is 5.32 Å². The quantitative estimate of drug-likeness (QED) is 0.237. The van der Waals surface area contributed by atoms with Crippen LogP contribution in [0.1, 0.15) is 47.2 Å². The van der Waals surface area contributed by atoms with E-state index in [9.17, 15) is 9.59 Å². The van der Waals surface area contributed by atoms with Crippen LogP contribution in [-0.4, -0.2) is 63.6 Å². The normalized spacial score (nSPS) is 14.1. The molecule has 1 fully saturated rings. The maximum absolute atomic E-state index is 13.0. The second-order valence-corrected chi connectivity index (χ2v) is 13.5. The van der Waals surface area contributed by atoms with Crippen molar-refractivity contribution in [3.05, 3.63) is 70.3 Å². The monoisotopic (exact) mass is 637 g/mol. The van der Waals surface area contributed by atoms with Gasteiger partial charge in [-0.15, -0.1) is 0 Å². The molecule has 1 aliphatic heterocycles. The molecule has 1 saturated heterocycles. The number of carbonyl (C=O) groups is 2. The number of anilines is 3. The number of piperazine rings is 1. The number of benzene rings is 2. The van der Waals surface area contributed by atoms with Gasteiger partial charge in [0.2, 0.25) is 0 Å². The number of ether oxygens (including phenoxy) is 1. The molecule has 10 nitrogen and oxygen atoms in total. The van der Waals surface area contributed by atoms with Crippen molar-refractivity contribution in [2.75, 3.05) is 41.7 Å². The molecule has 5 rings (SSSR count). The first kappa shape index (κ1) is 31.4. The van der Waals surface area contributed by atoms with Crippen LogP contribution in [0.2, 0.25) is 10.0 Å². The number of aromatic nitrogens is 3. The number of hydrogen-bond acceptors (Lipinski definition) is 6. The first-order valence-corrected chi connectivity index (χ1v) is 15.2. The predicted octanol–water partition coefficient (Wildman–Crippen LogP) is 7.73. The summed E-state index contributed by atoms with van der Waals surface area (Å²) in [7, 11) is 0. The van der Waals surface area contributed by atoms with E-state index in [2.05, 4.69) is 36.3 Å². The number of halogens is 2. The van der Waals surface area contributed by atoms with Gasteiger partial charge in [-0.25, -0.2) is 19.3 Å². The SMILES string of the molecule is CC(C)(C)OC(=O)N1CCN(c2ccc3cc(-n4nc(C(C)(C)C)cc4NC(=O)Nc4cccc(Cl)c4Cl)ccc3n2)CC1. The van der Waals surface area contributed by atoms with Crippen LogP contribution >= 0.6 is 23.2 Å². The fourth-order valence-electron chi connectivity index (χ4n) is 4.76. The first-order valence-electron chi connectivity index (χ1n) is 14.4. The third-order valence-corrected chi connectivity index (χ3v) is 7.90. The fraction of sp³-hybridized carbons (Fsp3) is 0.375. The number of amides is 3. The lowest BCUT2D eigenvalue weighted by atomic mass is 9.92. The van der Waals surface area contributed by atoms with E-state index in [1.807, 2.05) is 57.2 Å². The zero-order valence-corrected chi connectivity index (χ0v) is 27.3. The summed E-state index contributed by atoms with van der Waals surface area (Å²) < 4.78 is 7.23. The lowest BCUT2D eigenvalue weighted by Gasteiger charge is -2.36. The summed E-state index contributed by atoms with van der Waals surface area (Å²) in [6.45, 7) is 14.3. The third kappa shape index (κ3) is 7.19. The van der Waals surface area contributed by atoms with Gasteiger partial charge in [0.15, 0.2) is 0 Å². The Hall–Kier alpha value is -4.02. The number of nitrogens with zero attached hydrogens (tertiary/aromatic N) is 5. The highest BCUT2D eigenvalue weighted by Gasteiger charge is 2.27. The predicted molar refractivity (Wildman–Crippen MR) is 177 cm³/mol. The summed E-state index contributed by atoms with van der Waals surface area (Å²) in [6, 6.07) is 16.3. The molecule has 0 unspecified atom stereocenters. The molecule has 232 valence electrons. The molecule has 44 heavy (non-hydrogen) atoms. The Kier molecular flexibility index (Phi) is 8.68. The van der Waals surface area contributed by atoms with E-state index >= 15 is 0 Å². The maximum atomic E-state index is 13.0. The number of nitrogens with one attached hydrogen (secondary N) is 2. The summed E-state index contributed by atoms with van der Waals surface area (Å²) in [5, 5.41) is 12.0. The molecule has 0 radical (unpaired) electrons. The van der Waals surface area contributed by atoms with Crippen LogP contribution < -0.4 is 15.5 Å². The Morgan fingerprint density at radius 3 is 2.30 bits per heavy atom. The Labute approximate surface area is 267 Å². The minimum Gasteiger partial charge on any atom is -0.444 e. The molecular formula is C32H37Cl2N7O3. The lowest BCUT2D eigenvalue weighted by molar-refractivity contribution is 0.0240. The van der Waals surface area contributed by atoms with Crippen molar-refractivity contribution < 1.29 is 14.3 Å². The van der Waals surface area contributed by atoms with Gasteiger partial charge in [0.05, 0.1) is 32.6 Å². The molecule has 3 heterocycles. The number of urea groups is 1. The Morgan fingerprint density at radius 2 is 1.61 bits per heavy atom. The smallest absolute Gasteiger partial charge is 0.410 e. The molecule has 4 aromatic rings. The molecule has 3 amide bonds. The largest absolute Gasteiger partial charge is 0.444 e. The molecule has 0 bridgehead atoms. The zero-order valence-electron chi connectivity index (χ0n) is 25.7. The number of fused-ring (bicyclic) bond motifs is 1. The average molecular weight is 639 g/mol. The Bertz CT molecular complexity index is 1700. The van der Waals surface area contributed by atoms with Crippen LogP contribution in [0, 0.1) is 0 Å². The number of rotatable bonds is 4. The van der Waals surface area contributed by atoms with Crippen molar-refractivity contribution in [2.45, 2.75) is 52.6 Å². The van der Waals surface area contributed by atoms with Crippen molar-refractivity contribution >= 4 is 63.6 Å². The van der Waals surface area contributed by atoms with Crippen molar-refractivity contribution in [3.8, 4) is 5.69 Å². The molecule has 1 aliphatic rings. The minimum atomic E-state index is -0.522. The lowest BCUT2D eigenvalue weighted by Crippen LogP contribution is -2.50. The van der Waals surface area contributed by atoms with Crippen molar-refractivity contribution in [1.29, 1.82) is 0 Å². The number of hydrogen-bond donors (Lipinski definition) is 2. The van der Waals surface area contributed by atoms with E-state index in [0.717, 1.165) is 28.1 Å². The van der Waals surface area contributed by atoms with Gasteiger partial charge in [-0.2, -0.15) is 5.10 Å². The van der Waals surface area contributed by atoms with Crippen LogP contribution in [0.4, 0.5) is 26.9 Å².